The fraction of sp³-hybridized carbons (Fsp3) is 0.625. The van der Waals surface area contributed by atoms with Gasteiger partial charge in [-0.1, -0.05) is 58.4 Å². The molecule has 0 nitrogen and oxygen atoms in total. The molecule has 0 fully saturated rings. The summed E-state index contributed by atoms with van der Waals surface area (Å²) in [4.78, 5) is 0. The normalized spacial score (nSPS) is 33.5. The molecule has 1 aliphatic carbocycles. The van der Waals surface area contributed by atoms with Crippen molar-refractivity contribution in [1.29, 1.82) is 0 Å². The lowest BCUT2D eigenvalue weighted by Crippen LogP contribution is -2.33. The Bertz CT molecular complexity index is 366. The minimum atomic E-state index is 0.414. The molecule has 1 aromatic carbocycles. The summed E-state index contributed by atoms with van der Waals surface area (Å²) in [7, 11) is 0. The maximum absolute atomic E-state index is 2.46. The van der Waals surface area contributed by atoms with E-state index in [1.807, 2.05) is 0 Å². The fourth-order valence-electron chi connectivity index (χ4n) is 3.54. The predicted molar refractivity (Wildman–Crippen MR) is 70.9 cm³/mol. The molecule has 2 rings (SSSR count). The Labute approximate surface area is 100 Å². The topological polar surface area (TPSA) is 0 Å². The van der Waals surface area contributed by atoms with Crippen molar-refractivity contribution in [2.75, 3.05) is 0 Å². The average Bonchev–Trinajstić information content (AvgIpc) is 2.27. The van der Waals surface area contributed by atoms with Gasteiger partial charge in [-0.05, 0) is 41.2 Å². The van der Waals surface area contributed by atoms with Crippen molar-refractivity contribution >= 4 is 0 Å². The monoisotopic (exact) mass is 216 g/mol. The molecule has 0 radical (unpaired) electrons. The lowest BCUT2D eigenvalue weighted by Gasteiger charge is -2.42. The van der Waals surface area contributed by atoms with Gasteiger partial charge >= 0.3 is 0 Å². The molecule has 0 saturated carbocycles. The summed E-state index contributed by atoms with van der Waals surface area (Å²) in [5, 5.41) is 0. The van der Waals surface area contributed by atoms with E-state index in [1.54, 1.807) is 11.1 Å². The predicted octanol–water partition coefficient (Wildman–Crippen LogP) is 4.89. The first kappa shape index (κ1) is 11.7. The van der Waals surface area contributed by atoms with Gasteiger partial charge in [0.1, 0.15) is 0 Å². The van der Waals surface area contributed by atoms with Gasteiger partial charge in [0, 0.05) is 0 Å². The minimum absolute atomic E-state index is 0.414. The quantitative estimate of drug-likeness (QED) is 0.660. The molecule has 0 aromatic heterocycles. The summed E-state index contributed by atoms with van der Waals surface area (Å²) in [6, 6.07) is 9.09. The highest BCUT2D eigenvalue weighted by molar-refractivity contribution is 5.39. The smallest absolute Gasteiger partial charge is 0.00698 e. The van der Waals surface area contributed by atoms with Crippen molar-refractivity contribution in [2.45, 2.75) is 58.3 Å². The van der Waals surface area contributed by atoms with Crippen LogP contribution >= 0.6 is 0 Å². The van der Waals surface area contributed by atoms with Gasteiger partial charge in [-0.25, -0.2) is 0 Å². The Morgan fingerprint density at radius 3 is 2.62 bits per heavy atom. The number of hydrogen-bond donors (Lipinski definition) is 0. The minimum Gasteiger partial charge on any atom is -0.0654 e. The summed E-state index contributed by atoms with van der Waals surface area (Å²) in [5.74, 6) is 1.53. The van der Waals surface area contributed by atoms with E-state index in [0.29, 0.717) is 5.41 Å². The van der Waals surface area contributed by atoms with E-state index in [1.165, 1.54) is 19.3 Å². The van der Waals surface area contributed by atoms with Gasteiger partial charge in [-0.2, -0.15) is 0 Å². The van der Waals surface area contributed by atoms with Gasteiger partial charge in [0.2, 0.25) is 0 Å². The van der Waals surface area contributed by atoms with E-state index < -0.39 is 0 Å². The zero-order chi connectivity index (χ0) is 11.8. The van der Waals surface area contributed by atoms with Crippen molar-refractivity contribution in [3.05, 3.63) is 35.4 Å². The Balaban J connectivity index is 2.48. The van der Waals surface area contributed by atoms with Gasteiger partial charge < -0.3 is 0 Å². The molecule has 88 valence electrons. The van der Waals surface area contributed by atoms with Crippen LogP contribution < -0.4 is 0 Å². The first-order chi connectivity index (χ1) is 7.58. The number of hydrogen-bond acceptors (Lipinski definition) is 0. The molecule has 0 aliphatic heterocycles. The lowest BCUT2D eigenvalue weighted by molar-refractivity contribution is 0.274. The van der Waals surface area contributed by atoms with Crippen molar-refractivity contribution < 1.29 is 0 Å². The highest BCUT2D eigenvalue weighted by Crippen LogP contribution is 2.47. The fourth-order valence-corrected chi connectivity index (χ4v) is 3.54. The maximum atomic E-state index is 2.46. The van der Waals surface area contributed by atoms with Crippen molar-refractivity contribution in [3.8, 4) is 0 Å². The second kappa shape index (κ2) is 4.24. The van der Waals surface area contributed by atoms with E-state index in [-0.39, 0.29) is 0 Å². The molecule has 0 N–H and O–H groups in total. The van der Waals surface area contributed by atoms with Crippen molar-refractivity contribution in [2.24, 2.45) is 5.92 Å². The van der Waals surface area contributed by atoms with E-state index in [0.717, 1.165) is 11.8 Å². The SMILES string of the molecule is CCCC1(C)CC(C)C(C)c2ccccc21. The summed E-state index contributed by atoms with van der Waals surface area (Å²) < 4.78 is 0. The molecule has 1 aliphatic rings. The molecule has 0 amide bonds. The van der Waals surface area contributed by atoms with Crippen LogP contribution in [0.25, 0.3) is 0 Å². The van der Waals surface area contributed by atoms with E-state index in [4.69, 9.17) is 0 Å². The van der Waals surface area contributed by atoms with Crippen LogP contribution in [-0.4, -0.2) is 0 Å². The first-order valence-electron chi connectivity index (χ1n) is 6.68. The van der Waals surface area contributed by atoms with Crippen molar-refractivity contribution in [3.63, 3.8) is 0 Å². The summed E-state index contributed by atoms with van der Waals surface area (Å²) in [6.45, 7) is 9.55. The summed E-state index contributed by atoms with van der Waals surface area (Å²) >= 11 is 0. The van der Waals surface area contributed by atoms with Crippen molar-refractivity contribution in [1.82, 2.24) is 0 Å². The van der Waals surface area contributed by atoms with Crippen LogP contribution in [0.5, 0.6) is 0 Å². The van der Waals surface area contributed by atoms with Crippen LogP contribution in [0, 0.1) is 5.92 Å². The van der Waals surface area contributed by atoms with Crippen LogP contribution in [0.3, 0.4) is 0 Å². The standard InChI is InChI=1S/C16H24/c1-5-10-16(4)11-12(2)13(3)14-8-6-7-9-15(14)16/h6-9,12-13H,5,10-11H2,1-4H3. The van der Waals surface area contributed by atoms with Gasteiger partial charge in [0.05, 0.1) is 0 Å². The highest BCUT2D eigenvalue weighted by atomic mass is 14.4. The Morgan fingerprint density at radius 2 is 1.94 bits per heavy atom. The molecule has 0 spiro atoms. The Kier molecular flexibility index (Phi) is 3.10. The van der Waals surface area contributed by atoms with Gasteiger partial charge in [-0.3, -0.25) is 0 Å². The Morgan fingerprint density at radius 1 is 1.25 bits per heavy atom. The molecule has 0 saturated heterocycles. The van der Waals surface area contributed by atoms with E-state index in [2.05, 4.69) is 52.0 Å². The van der Waals surface area contributed by atoms with Gasteiger partial charge in [-0.15, -0.1) is 0 Å². The zero-order valence-electron chi connectivity index (χ0n) is 11.1. The zero-order valence-corrected chi connectivity index (χ0v) is 11.1. The molecule has 0 heterocycles. The maximum Gasteiger partial charge on any atom is -0.00698 e. The number of benzene rings is 1. The lowest BCUT2D eigenvalue weighted by atomic mass is 9.62. The van der Waals surface area contributed by atoms with Crippen LogP contribution in [0.4, 0.5) is 0 Å². The highest BCUT2D eigenvalue weighted by Gasteiger charge is 2.37. The third kappa shape index (κ3) is 1.79. The molecule has 1 aromatic rings. The number of rotatable bonds is 2. The van der Waals surface area contributed by atoms with Crippen LogP contribution in [0.15, 0.2) is 24.3 Å². The summed E-state index contributed by atoms with van der Waals surface area (Å²) in [6.07, 6.45) is 3.95. The first-order valence-corrected chi connectivity index (χ1v) is 6.68. The third-order valence-electron chi connectivity index (χ3n) is 4.53. The van der Waals surface area contributed by atoms with Gasteiger partial charge in [0.25, 0.3) is 0 Å². The molecule has 3 atom stereocenters. The molecule has 16 heavy (non-hydrogen) atoms. The van der Waals surface area contributed by atoms with Crippen LogP contribution in [0.2, 0.25) is 0 Å². The van der Waals surface area contributed by atoms with Crippen LogP contribution in [-0.2, 0) is 5.41 Å². The molecule has 3 unspecified atom stereocenters. The second-order valence-electron chi connectivity index (χ2n) is 5.87. The van der Waals surface area contributed by atoms with Gasteiger partial charge in [0.15, 0.2) is 0 Å². The Hall–Kier alpha value is -0.780. The molecular weight excluding hydrogens is 192 g/mol. The van der Waals surface area contributed by atoms with E-state index in [9.17, 15) is 0 Å². The average molecular weight is 216 g/mol. The number of fused-ring (bicyclic) bond motifs is 1. The molecule has 0 heteroatoms. The van der Waals surface area contributed by atoms with Crippen LogP contribution in [0.1, 0.15) is 64.0 Å². The second-order valence-corrected chi connectivity index (χ2v) is 5.87. The summed E-state index contributed by atoms with van der Waals surface area (Å²) in [5.41, 5.74) is 3.62. The molecule has 0 bridgehead atoms. The largest absolute Gasteiger partial charge is 0.0654 e. The third-order valence-corrected chi connectivity index (χ3v) is 4.53. The van der Waals surface area contributed by atoms with E-state index >= 15 is 0 Å². The molecular formula is C16H24.